The van der Waals surface area contributed by atoms with Gasteiger partial charge in [0.2, 0.25) is 0 Å². The van der Waals surface area contributed by atoms with Crippen LogP contribution in [0.25, 0.3) is 0 Å². The molecule has 174 valence electrons. The van der Waals surface area contributed by atoms with Crippen LogP contribution in [0.5, 0.6) is 0 Å². The average Bonchev–Trinajstić information content (AvgIpc) is 2.85. The summed E-state index contributed by atoms with van der Waals surface area (Å²) in [4.78, 5) is 19.1. The van der Waals surface area contributed by atoms with E-state index >= 15 is 0 Å². The van der Waals surface area contributed by atoms with Crippen molar-refractivity contribution >= 4 is 11.6 Å². The van der Waals surface area contributed by atoms with Crippen LogP contribution in [0.15, 0.2) is 48.8 Å². The predicted octanol–water partition coefficient (Wildman–Crippen LogP) is 4.39. The Morgan fingerprint density at radius 2 is 1.64 bits per heavy atom. The molecule has 1 aromatic heterocycles. The van der Waals surface area contributed by atoms with Crippen LogP contribution < -0.4 is 15.5 Å². The third-order valence-electron chi connectivity index (χ3n) is 8.82. The number of carbonyl (C=O) groups is 1. The molecule has 0 unspecified atom stereocenters. The van der Waals surface area contributed by atoms with Gasteiger partial charge in [0.25, 0.3) is 5.91 Å². The lowest BCUT2D eigenvalue weighted by atomic mass is 9.54. The van der Waals surface area contributed by atoms with Gasteiger partial charge in [0, 0.05) is 55.4 Å². The lowest BCUT2D eigenvalue weighted by Gasteiger charge is -2.55. The molecule has 1 saturated heterocycles. The summed E-state index contributed by atoms with van der Waals surface area (Å²) in [7, 11) is 0. The standard InChI is InChI=1S/C28H36N4O/c33-28(30-18-19-2-1-9-29-17-19)22-3-5-26(6-4-22)32-10-7-25(8-11-32)31-27-23-13-20-12-21(15-23)16-24(27)14-20/h1-6,9,17,20-21,23-25,27,31H,7-8,10-16,18H2,(H,30,33). The summed E-state index contributed by atoms with van der Waals surface area (Å²) in [6.45, 7) is 2.69. The molecule has 4 saturated carbocycles. The zero-order valence-corrected chi connectivity index (χ0v) is 19.5. The third-order valence-corrected chi connectivity index (χ3v) is 8.82. The number of carbonyl (C=O) groups excluding carboxylic acids is 1. The van der Waals surface area contributed by atoms with Crippen molar-refractivity contribution in [2.24, 2.45) is 23.7 Å². The van der Waals surface area contributed by atoms with Gasteiger partial charge in [-0.05, 0) is 105 Å². The zero-order chi connectivity index (χ0) is 22.2. The molecule has 5 fully saturated rings. The van der Waals surface area contributed by atoms with Crippen molar-refractivity contribution in [3.05, 3.63) is 59.9 Å². The fourth-order valence-electron chi connectivity index (χ4n) is 7.38. The predicted molar refractivity (Wildman–Crippen MR) is 131 cm³/mol. The number of hydrogen-bond donors (Lipinski definition) is 2. The number of nitrogens with zero attached hydrogens (tertiary/aromatic N) is 2. The molecule has 1 aromatic carbocycles. The highest BCUT2D eigenvalue weighted by Crippen LogP contribution is 2.53. The first-order valence-corrected chi connectivity index (χ1v) is 13.0. The number of pyridine rings is 1. The number of aromatic nitrogens is 1. The van der Waals surface area contributed by atoms with Gasteiger partial charge in [-0.15, -0.1) is 0 Å². The summed E-state index contributed by atoms with van der Waals surface area (Å²) < 4.78 is 0. The molecule has 33 heavy (non-hydrogen) atoms. The third kappa shape index (κ3) is 4.52. The highest BCUT2D eigenvalue weighted by molar-refractivity contribution is 5.94. The largest absolute Gasteiger partial charge is 0.371 e. The molecule has 1 aliphatic heterocycles. The molecule has 2 heterocycles. The average molecular weight is 445 g/mol. The lowest BCUT2D eigenvalue weighted by molar-refractivity contribution is -0.0186. The van der Waals surface area contributed by atoms with Crippen LogP contribution in [0.1, 0.15) is 60.9 Å². The number of nitrogens with one attached hydrogen (secondary N) is 2. The first kappa shape index (κ1) is 21.2. The molecular weight excluding hydrogens is 408 g/mol. The Kier molecular flexibility index (Phi) is 5.83. The van der Waals surface area contributed by atoms with Crippen LogP contribution >= 0.6 is 0 Å². The zero-order valence-electron chi connectivity index (χ0n) is 19.5. The Labute approximate surface area is 197 Å². The first-order valence-electron chi connectivity index (χ1n) is 13.0. The van der Waals surface area contributed by atoms with Gasteiger partial charge in [-0.3, -0.25) is 9.78 Å². The van der Waals surface area contributed by atoms with Crippen LogP contribution in [0, 0.1) is 23.7 Å². The minimum absolute atomic E-state index is 0.0380. The molecule has 0 radical (unpaired) electrons. The van der Waals surface area contributed by atoms with Crippen molar-refractivity contribution in [2.75, 3.05) is 18.0 Å². The van der Waals surface area contributed by atoms with Crippen LogP contribution in [0.4, 0.5) is 5.69 Å². The van der Waals surface area contributed by atoms with E-state index in [-0.39, 0.29) is 5.91 Å². The monoisotopic (exact) mass is 444 g/mol. The molecule has 5 heteroatoms. The maximum atomic E-state index is 12.5. The van der Waals surface area contributed by atoms with Gasteiger partial charge < -0.3 is 15.5 Å². The SMILES string of the molecule is O=C(NCc1cccnc1)c1ccc(N2CCC(NC3C4CC5CC(C4)CC3C5)CC2)cc1. The molecule has 5 nitrogen and oxygen atoms in total. The summed E-state index contributed by atoms with van der Waals surface area (Å²) in [6, 6.07) is 13.4. The molecule has 4 aliphatic carbocycles. The molecule has 5 aliphatic rings. The van der Waals surface area contributed by atoms with Crippen molar-refractivity contribution in [1.29, 1.82) is 0 Å². The number of anilines is 1. The van der Waals surface area contributed by atoms with Gasteiger partial charge in [0.1, 0.15) is 0 Å². The summed E-state index contributed by atoms with van der Waals surface area (Å²) >= 11 is 0. The number of amides is 1. The molecule has 1 amide bonds. The van der Waals surface area contributed by atoms with E-state index in [1.807, 2.05) is 24.3 Å². The normalized spacial score (nSPS) is 31.0. The van der Waals surface area contributed by atoms with Crippen LogP contribution in [0.2, 0.25) is 0 Å². The van der Waals surface area contributed by atoms with Gasteiger partial charge in [-0.25, -0.2) is 0 Å². The number of hydrogen-bond acceptors (Lipinski definition) is 4. The Hall–Kier alpha value is -2.40. The maximum absolute atomic E-state index is 12.5. The molecule has 2 aromatic rings. The van der Waals surface area contributed by atoms with Gasteiger partial charge >= 0.3 is 0 Å². The van der Waals surface area contributed by atoms with E-state index in [9.17, 15) is 4.79 Å². The van der Waals surface area contributed by atoms with Crippen LogP contribution in [-0.4, -0.2) is 36.1 Å². The van der Waals surface area contributed by atoms with Crippen molar-refractivity contribution in [2.45, 2.75) is 63.6 Å². The quantitative estimate of drug-likeness (QED) is 0.694. The summed E-state index contributed by atoms with van der Waals surface area (Å²) in [5, 5.41) is 7.12. The smallest absolute Gasteiger partial charge is 0.251 e. The van der Waals surface area contributed by atoms with Crippen molar-refractivity contribution in [3.8, 4) is 0 Å². The Bertz CT molecular complexity index is 924. The molecular formula is C28H36N4O. The molecule has 0 atom stereocenters. The van der Waals surface area contributed by atoms with Crippen LogP contribution in [0.3, 0.4) is 0 Å². The van der Waals surface area contributed by atoms with E-state index in [2.05, 4.69) is 32.7 Å². The van der Waals surface area contributed by atoms with E-state index in [0.29, 0.717) is 18.2 Å². The molecule has 2 N–H and O–H groups in total. The summed E-state index contributed by atoms with van der Waals surface area (Å²) in [5.74, 6) is 3.97. The van der Waals surface area contributed by atoms with Crippen molar-refractivity contribution in [3.63, 3.8) is 0 Å². The van der Waals surface area contributed by atoms with Gasteiger partial charge in [-0.2, -0.15) is 0 Å². The highest BCUT2D eigenvalue weighted by Gasteiger charge is 2.48. The van der Waals surface area contributed by atoms with Crippen LogP contribution in [-0.2, 0) is 6.54 Å². The van der Waals surface area contributed by atoms with E-state index in [4.69, 9.17) is 0 Å². The first-order chi connectivity index (χ1) is 16.2. The molecule has 4 bridgehead atoms. The minimum atomic E-state index is -0.0380. The number of rotatable bonds is 6. The van der Waals surface area contributed by atoms with Crippen molar-refractivity contribution < 1.29 is 4.79 Å². The maximum Gasteiger partial charge on any atom is 0.251 e. The van der Waals surface area contributed by atoms with Gasteiger partial charge in [0.15, 0.2) is 0 Å². The van der Waals surface area contributed by atoms with Crippen molar-refractivity contribution in [1.82, 2.24) is 15.6 Å². The highest BCUT2D eigenvalue weighted by atomic mass is 16.1. The summed E-state index contributed by atoms with van der Waals surface area (Å²) in [5.41, 5.74) is 2.94. The fraction of sp³-hybridized carbons (Fsp3) is 0.571. The number of piperidine rings is 1. The second-order valence-electron chi connectivity index (χ2n) is 11.0. The molecule has 7 rings (SSSR count). The van der Waals surface area contributed by atoms with E-state index in [1.165, 1.54) is 50.6 Å². The Morgan fingerprint density at radius 1 is 0.939 bits per heavy atom. The lowest BCUT2D eigenvalue weighted by Crippen LogP contribution is -2.58. The Balaban J connectivity index is 0.992. The fourth-order valence-corrected chi connectivity index (χ4v) is 7.38. The van der Waals surface area contributed by atoms with Gasteiger partial charge in [0.05, 0.1) is 0 Å². The second kappa shape index (κ2) is 9.09. The van der Waals surface area contributed by atoms with E-state index in [1.54, 1.807) is 12.4 Å². The second-order valence-corrected chi connectivity index (χ2v) is 11.0. The van der Waals surface area contributed by atoms with E-state index in [0.717, 1.165) is 48.4 Å². The van der Waals surface area contributed by atoms with Gasteiger partial charge in [-0.1, -0.05) is 6.07 Å². The Morgan fingerprint density at radius 3 is 2.27 bits per heavy atom. The van der Waals surface area contributed by atoms with E-state index < -0.39 is 0 Å². The summed E-state index contributed by atoms with van der Waals surface area (Å²) in [6.07, 6.45) is 13.5. The topological polar surface area (TPSA) is 57.3 Å². The minimum Gasteiger partial charge on any atom is -0.371 e. The number of benzene rings is 1. The molecule has 0 spiro atoms.